The minimum Gasteiger partial charge on any atom is -0.306 e. The van der Waals surface area contributed by atoms with E-state index in [9.17, 15) is 4.79 Å². The molecule has 0 bridgehead atoms. The second-order valence-corrected chi connectivity index (χ2v) is 7.47. The molecule has 1 aliphatic rings. The quantitative estimate of drug-likeness (QED) is 0.920. The first kappa shape index (κ1) is 18.3. The first-order valence-corrected chi connectivity index (χ1v) is 9.40. The van der Waals surface area contributed by atoms with Gasteiger partial charge in [-0.1, -0.05) is 24.6 Å². The number of benzene rings is 1. The molecule has 2 heterocycles. The molecule has 4 nitrogen and oxygen atoms in total. The fourth-order valence-corrected chi connectivity index (χ4v) is 3.70. The number of fused-ring (bicyclic) bond motifs is 1. The summed E-state index contributed by atoms with van der Waals surface area (Å²) in [5.41, 5.74) is 8.53. The number of pyridine rings is 1. The van der Waals surface area contributed by atoms with Crippen LogP contribution in [0.25, 0.3) is 12.3 Å². The molecule has 2 atom stereocenters. The Labute approximate surface area is 155 Å². The van der Waals surface area contributed by atoms with Crippen molar-refractivity contribution in [3.05, 3.63) is 61.9 Å². The van der Waals surface area contributed by atoms with Crippen LogP contribution in [0.4, 0.5) is 5.69 Å². The molecule has 3 rings (SSSR count). The molecule has 0 saturated carbocycles. The van der Waals surface area contributed by atoms with Crippen molar-refractivity contribution < 1.29 is 0 Å². The number of nitrogens with zero attached hydrogens (tertiary/aromatic N) is 2. The highest BCUT2D eigenvalue weighted by Crippen LogP contribution is 2.23. The van der Waals surface area contributed by atoms with E-state index in [0.717, 1.165) is 22.7 Å². The lowest BCUT2D eigenvalue weighted by molar-refractivity contribution is 0.437. The fourth-order valence-electron chi connectivity index (χ4n) is 3.70. The molecule has 0 saturated heterocycles. The molecule has 4 heteroatoms. The molecular weight excluding hydrogens is 322 g/mol. The Hall–Kier alpha value is -2.49. The number of rotatable bonds is 4. The van der Waals surface area contributed by atoms with Gasteiger partial charge in [-0.2, -0.15) is 0 Å². The van der Waals surface area contributed by atoms with Crippen molar-refractivity contribution >= 4 is 18.0 Å². The summed E-state index contributed by atoms with van der Waals surface area (Å²) in [5, 5.41) is 4.21. The minimum absolute atomic E-state index is 0.0709. The van der Waals surface area contributed by atoms with Crippen molar-refractivity contribution in [1.82, 2.24) is 9.58 Å². The van der Waals surface area contributed by atoms with Crippen LogP contribution in [0, 0.1) is 20.8 Å². The van der Waals surface area contributed by atoms with Gasteiger partial charge in [0.15, 0.2) is 0 Å². The molecule has 1 aromatic carbocycles. The van der Waals surface area contributed by atoms with Gasteiger partial charge in [-0.05, 0) is 64.3 Å². The van der Waals surface area contributed by atoms with E-state index in [1.807, 2.05) is 10.6 Å². The molecule has 1 aromatic heterocycles. The Balaban J connectivity index is 2.07. The summed E-state index contributed by atoms with van der Waals surface area (Å²) in [6.07, 6.45) is 5.22. The minimum atomic E-state index is 0.0709. The second kappa shape index (κ2) is 7.02. The van der Waals surface area contributed by atoms with E-state index in [2.05, 4.69) is 76.4 Å². The van der Waals surface area contributed by atoms with E-state index in [4.69, 9.17) is 0 Å². The average molecular weight is 351 g/mol. The van der Waals surface area contributed by atoms with Gasteiger partial charge < -0.3 is 4.57 Å². The van der Waals surface area contributed by atoms with Crippen LogP contribution in [0.3, 0.4) is 0 Å². The fraction of sp³-hybridized carbons (Fsp3) is 0.409. The van der Waals surface area contributed by atoms with Crippen molar-refractivity contribution in [2.75, 3.05) is 5.43 Å². The van der Waals surface area contributed by atoms with Gasteiger partial charge in [0.25, 0.3) is 5.56 Å². The lowest BCUT2D eigenvalue weighted by Crippen LogP contribution is -2.50. The highest BCUT2D eigenvalue weighted by molar-refractivity contribution is 5.59. The van der Waals surface area contributed by atoms with Crippen LogP contribution in [-0.4, -0.2) is 15.6 Å². The van der Waals surface area contributed by atoms with Crippen molar-refractivity contribution in [1.29, 1.82) is 0 Å². The maximum absolute atomic E-state index is 12.4. The maximum Gasteiger partial charge on any atom is 0.251 e. The third-order valence-electron chi connectivity index (χ3n) is 5.26. The zero-order valence-electron chi connectivity index (χ0n) is 16.6. The first-order valence-electron chi connectivity index (χ1n) is 9.40. The number of aromatic nitrogens is 1. The highest BCUT2D eigenvalue weighted by Gasteiger charge is 2.17. The van der Waals surface area contributed by atoms with Crippen LogP contribution in [0.5, 0.6) is 0 Å². The molecule has 0 amide bonds. The molecule has 0 aliphatic carbocycles. The van der Waals surface area contributed by atoms with E-state index in [-0.39, 0.29) is 17.6 Å². The van der Waals surface area contributed by atoms with Gasteiger partial charge in [0.1, 0.15) is 0 Å². The monoisotopic (exact) mass is 351 g/mol. The van der Waals surface area contributed by atoms with E-state index >= 15 is 0 Å². The van der Waals surface area contributed by atoms with Crippen molar-refractivity contribution in [3.63, 3.8) is 0 Å². The Morgan fingerprint density at radius 2 is 1.81 bits per heavy atom. The Bertz CT molecular complexity index is 980. The van der Waals surface area contributed by atoms with Gasteiger partial charge in [-0.3, -0.25) is 15.2 Å². The lowest BCUT2D eigenvalue weighted by Gasteiger charge is -2.31. The first-order chi connectivity index (χ1) is 12.3. The van der Waals surface area contributed by atoms with Crippen molar-refractivity contribution in [2.24, 2.45) is 0 Å². The molecule has 26 heavy (non-hydrogen) atoms. The Morgan fingerprint density at radius 3 is 2.42 bits per heavy atom. The molecule has 2 aromatic rings. The van der Waals surface area contributed by atoms with Gasteiger partial charge in [0, 0.05) is 23.5 Å². The molecule has 1 N–H and O–H groups in total. The largest absolute Gasteiger partial charge is 0.306 e. The predicted molar refractivity (Wildman–Crippen MR) is 109 cm³/mol. The van der Waals surface area contributed by atoms with Crippen LogP contribution in [-0.2, 0) is 0 Å². The van der Waals surface area contributed by atoms with Crippen LogP contribution < -0.4 is 21.6 Å². The SMILES string of the molecule is CCC(C)n1c(=O)ccc2c1=CC(C)N(Nc1c(C)cc(C)cc1C)C=2. The summed E-state index contributed by atoms with van der Waals surface area (Å²) < 4.78 is 1.92. The van der Waals surface area contributed by atoms with Gasteiger partial charge >= 0.3 is 0 Å². The number of aryl methyl sites for hydroxylation is 3. The molecule has 0 fully saturated rings. The van der Waals surface area contributed by atoms with Gasteiger partial charge in [0.2, 0.25) is 0 Å². The Morgan fingerprint density at radius 1 is 1.15 bits per heavy atom. The summed E-state index contributed by atoms with van der Waals surface area (Å²) in [6.45, 7) is 12.7. The van der Waals surface area contributed by atoms with Crippen LogP contribution in [0.2, 0.25) is 0 Å². The van der Waals surface area contributed by atoms with Crippen LogP contribution >= 0.6 is 0 Å². The highest BCUT2D eigenvalue weighted by atomic mass is 16.1. The molecule has 0 spiro atoms. The number of nitrogens with one attached hydrogen (secondary N) is 1. The third-order valence-corrected chi connectivity index (χ3v) is 5.26. The molecule has 2 unspecified atom stereocenters. The molecule has 138 valence electrons. The van der Waals surface area contributed by atoms with Gasteiger partial charge in [-0.15, -0.1) is 0 Å². The predicted octanol–water partition coefficient (Wildman–Crippen LogP) is 2.99. The molecule has 0 radical (unpaired) electrons. The number of hydrogen-bond acceptors (Lipinski definition) is 3. The zero-order valence-corrected chi connectivity index (χ0v) is 16.6. The van der Waals surface area contributed by atoms with Crippen LogP contribution in [0.15, 0.2) is 29.1 Å². The molecule has 1 aliphatic heterocycles. The van der Waals surface area contributed by atoms with E-state index in [1.165, 1.54) is 16.7 Å². The Kier molecular flexibility index (Phi) is 4.94. The normalized spacial score (nSPS) is 17.2. The smallest absolute Gasteiger partial charge is 0.251 e. The van der Waals surface area contributed by atoms with Gasteiger partial charge in [-0.25, -0.2) is 0 Å². The average Bonchev–Trinajstić information content (AvgIpc) is 2.58. The van der Waals surface area contributed by atoms with Gasteiger partial charge in [0.05, 0.1) is 17.1 Å². The van der Waals surface area contributed by atoms with E-state index in [0.29, 0.717) is 0 Å². The molecular formula is C22H29N3O. The summed E-state index contributed by atoms with van der Waals surface area (Å²) in [5.74, 6) is 0. The standard InChI is InChI=1S/C22H29N3O/c1-7-17(5)25-20-12-18(6)24(13-19(20)8-9-21(25)26)23-22-15(3)10-14(2)11-16(22)4/h8-13,17-18,23H,7H2,1-6H3. The maximum atomic E-state index is 12.4. The number of anilines is 1. The number of hydrazine groups is 1. The summed E-state index contributed by atoms with van der Waals surface area (Å²) >= 11 is 0. The summed E-state index contributed by atoms with van der Waals surface area (Å²) in [4.78, 5) is 12.4. The topological polar surface area (TPSA) is 37.3 Å². The summed E-state index contributed by atoms with van der Waals surface area (Å²) in [6, 6.07) is 8.31. The zero-order chi connectivity index (χ0) is 19.0. The van der Waals surface area contributed by atoms with Crippen molar-refractivity contribution in [3.8, 4) is 0 Å². The second-order valence-electron chi connectivity index (χ2n) is 7.47. The van der Waals surface area contributed by atoms with Crippen LogP contribution in [0.1, 0.15) is 49.9 Å². The lowest BCUT2D eigenvalue weighted by atomic mass is 10.1. The third kappa shape index (κ3) is 3.28. The summed E-state index contributed by atoms with van der Waals surface area (Å²) in [7, 11) is 0. The van der Waals surface area contributed by atoms with E-state index in [1.54, 1.807) is 6.07 Å². The number of hydrogen-bond donors (Lipinski definition) is 1. The van der Waals surface area contributed by atoms with Crippen molar-refractivity contribution in [2.45, 2.75) is 60.0 Å². The van der Waals surface area contributed by atoms with E-state index < -0.39 is 0 Å².